The number of rotatable bonds is 5. The van der Waals surface area contributed by atoms with E-state index in [0.29, 0.717) is 22.3 Å². The van der Waals surface area contributed by atoms with Crippen molar-refractivity contribution in [3.05, 3.63) is 71.1 Å². The number of methoxy groups -OCH3 is 1. The van der Waals surface area contributed by atoms with Gasteiger partial charge in [0, 0.05) is 5.69 Å². The maximum Gasteiger partial charge on any atom is 0.276 e. The monoisotopic (exact) mass is 390 g/mol. The Hall–Kier alpha value is -3.26. The molecule has 27 heavy (non-hydrogen) atoms. The molecule has 0 atom stereocenters. The minimum absolute atomic E-state index is 0.101. The number of carbonyl (C=O) groups excluding carboxylic acids is 1. The fraction of sp³-hybridized carbons (Fsp3) is 0.0556. The van der Waals surface area contributed by atoms with Crippen molar-refractivity contribution in [2.75, 3.05) is 17.7 Å². The zero-order valence-electron chi connectivity index (χ0n) is 14.0. The van der Waals surface area contributed by atoms with Crippen LogP contribution in [0.5, 0.6) is 5.75 Å². The molecule has 0 radical (unpaired) electrons. The molecule has 0 aliphatic rings. The molecule has 0 spiro atoms. The molecule has 138 valence electrons. The van der Waals surface area contributed by atoms with E-state index in [1.54, 1.807) is 18.2 Å². The SMILES string of the molecule is COc1ccc(Nc2cnc(C(=O)Nc3c(F)cccc3F)cn2)cc1Cl. The van der Waals surface area contributed by atoms with Gasteiger partial charge in [0.25, 0.3) is 5.91 Å². The van der Waals surface area contributed by atoms with Crippen molar-refractivity contribution in [1.82, 2.24) is 9.97 Å². The van der Waals surface area contributed by atoms with Gasteiger partial charge in [0.15, 0.2) is 0 Å². The van der Waals surface area contributed by atoms with E-state index in [2.05, 4.69) is 20.6 Å². The van der Waals surface area contributed by atoms with Crippen molar-refractivity contribution in [2.45, 2.75) is 0 Å². The van der Waals surface area contributed by atoms with Crippen molar-refractivity contribution < 1.29 is 18.3 Å². The first-order valence-electron chi connectivity index (χ1n) is 7.66. The summed E-state index contributed by atoms with van der Waals surface area (Å²) in [6, 6.07) is 8.33. The number of anilines is 3. The van der Waals surface area contributed by atoms with Crippen LogP contribution in [0.2, 0.25) is 5.02 Å². The number of aromatic nitrogens is 2. The Morgan fingerprint density at radius 2 is 1.85 bits per heavy atom. The molecule has 0 saturated heterocycles. The van der Waals surface area contributed by atoms with Crippen LogP contribution in [-0.4, -0.2) is 23.0 Å². The van der Waals surface area contributed by atoms with Crippen molar-refractivity contribution in [3.8, 4) is 5.75 Å². The van der Waals surface area contributed by atoms with E-state index in [1.807, 2.05) is 0 Å². The topological polar surface area (TPSA) is 76.1 Å². The van der Waals surface area contributed by atoms with E-state index in [-0.39, 0.29) is 5.69 Å². The van der Waals surface area contributed by atoms with Crippen LogP contribution in [0.4, 0.5) is 26.0 Å². The van der Waals surface area contributed by atoms with Crippen LogP contribution in [0.15, 0.2) is 48.8 Å². The Kier molecular flexibility index (Phi) is 5.46. The van der Waals surface area contributed by atoms with Crippen LogP contribution in [-0.2, 0) is 0 Å². The number of halogens is 3. The second kappa shape index (κ2) is 7.96. The summed E-state index contributed by atoms with van der Waals surface area (Å²) >= 11 is 6.05. The highest BCUT2D eigenvalue weighted by Gasteiger charge is 2.15. The zero-order valence-corrected chi connectivity index (χ0v) is 14.7. The van der Waals surface area contributed by atoms with Gasteiger partial charge in [0.1, 0.15) is 34.6 Å². The van der Waals surface area contributed by atoms with Gasteiger partial charge in [-0.15, -0.1) is 0 Å². The summed E-state index contributed by atoms with van der Waals surface area (Å²) < 4.78 is 32.3. The highest BCUT2D eigenvalue weighted by Crippen LogP contribution is 2.28. The Morgan fingerprint density at radius 1 is 1.11 bits per heavy atom. The Morgan fingerprint density at radius 3 is 2.44 bits per heavy atom. The minimum Gasteiger partial charge on any atom is -0.495 e. The molecule has 1 amide bonds. The first-order valence-corrected chi connectivity index (χ1v) is 8.03. The van der Waals surface area contributed by atoms with Gasteiger partial charge in [-0.05, 0) is 30.3 Å². The Balaban J connectivity index is 1.71. The lowest BCUT2D eigenvalue weighted by molar-refractivity contribution is 0.102. The molecule has 0 bridgehead atoms. The number of carbonyl (C=O) groups is 1. The molecule has 0 fully saturated rings. The van der Waals surface area contributed by atoms with Crippen molar-refractivity contribution in [3.63, 3.8) is 0 Å². The van der Waals surface area contributed by atoms with Gasteiger partial charge in [0.2, 0.25) is 0 Å². The molecule has 0 aliphatic carbocycles. The lowest BCUT2D eigenvalue weighted by Gasteiger charge is -2.09. The number of hydrogen-bond acceptors (Lipinski definition) is 5. The van der Waals surface area contributed by atoms with Crippen LogP contribution in [0.3, 0.4) is 0 Å². The van der Waals surface area contributed by atoms with Crippen LogP contribution in [0.25, 0.3) is 0 Å². The molecule has 1 heterocycles. The van der Waals surface area contributed by atoms with E-state index < -0.39 is 23.2 Å². The lowest BCUT2D eigenvalue weighted by atomic mass is 10.2. The second-order valence-corrected chi connectivity index (χ2v) is 5.72. The smallest absolute Gasteiger partial charge is 0.276 e. The average molecular weight is 391 g/mol. The third-order valence-corrected chi connectivity index (χ3v) is 3.81. The van der Waals surface area contributed by atoms with E-state index in [1.165, 1.54) is 25.6 Å². The molecular weight excluding hydrogens is 378 g/mol. The largest absolute Gasteiger partial charge is 0.495 e. The van der Waals surface area contributed by atoms with Gasteiger partial charge in [-0.1, -0.05) is 17.7 Å². The Bertz CT molecular complexity index is 963. The summed E-state index contributed by atoms with van der Waals surface area (Å²) in [5.74, 6) is -1.67. The molecule has 3 rings (SSSR count). The van der Waals surface area contributed by atoms with E-state index in [0.717, 1.165) is 12.1 Å². The number of benzene rings is 2. The quantitative estimate of drug-likeness (QED) is 0.674. The third kappa shape index (κ3) is 4.29. The van der Waals surface area contributed by atoms with Crippen LogP contribution in [0.1, 0.15) is 10.5 Å². The molecule has 1 aromatic heterocycles. The molecule has 3 aromatic rings. The van der Waals surface area contributed by atoms with Gasteiger partial charge >= 0.3 is 0 Å². The Labute approximate surface area is 158 Å². The standard InChI is InChI=1S/C18H13ClF2N4O2/c1-27-15-6-5-10(7-11(15)19)24-16-9-22-14(8-23-16)18(26)25-17-12(20)3-2-4-13(17)21/h2-9H,1H3,(H,23,24)(H,25,26). The highest BCUT2D eigenvalue weighted by molar-refractivity contribution is 6.32. The molecule has 2 aromatic carbocycles. The highest BCUT2D eigenvalue weighted by atomic mass is 35.5. The molecule has 9 heteroatoms. The summed E-state index contributed by atoms with van der Waals surface area (Å²) in [7, 11) is 1.51. The number of nitrogens with one attached hydrogen (secondary N) is 2. The predicted molar refractivity (Wildman–Crippen MR) is 97.6 cm³/mol. The lowest BCUT2D eigenvalue weighted by Crippen LogP contribution is -2.16. The van der Waals surface area contributed by atoms with Crippen LogP contribution >= 0.6 is 11.6 Å². The summed E-state index contributed by atoms with van der Waals surface area (Å²) in [6.45, 7) is 0. The molecular formula is C18H13ClF2N4O2. The molecule has 0 aliphatic heterocycles. The zero-order chi connectivity index (χ0) is 19.4. The normalized spacial score (nSPS) is 10.4. The number of hydrogen-bond donors (Lipinski definition) is 2. The number of para-hydroxylation sites is 1. The van der Waals surface area contributed by atoms with Gasteiger partial charge in [-0.3, -0.25) is 4.79 Å². The van der Waals surface area contributed by atoms with Crippen molar-refractivity contribution in [1.29, 1.82) is 0 Å². The van der Waals surface area contributed by atoms with Gasteiger partial charge in [-0.2, -0.15) is 0 Å². The second-order valence-electron chi connectivity index (χ2n) is 5.31. The van der Waals surface area contributed by atoms with Gasteiger partial charge < -0.3 is 15.4 Å². The van der Waals surface area contributed by atoms with E-state index in [4.69, 9.17) is 16.3 Å². The predicted octanol–water partition coefficient (Wildman–Crippen LogP) is 4.41. The molecule has 0 unspecified atom stereocenters. The average Bonchev–Trinajstić information content (AvgIpc) is 2.65. The minimum atomic E-state index is -0.883. The van der Waals surface area contributed by atoms with Crippen molar-refractivity contribution >= 4 is 34.7 Å². The van der Waals surface area contributed by atoms with Crippen LogP contribution in [0, 0.1) is 11.6 Å². The fourth-order valence-corrected chi connectivity index (χ4v) is 2.45. The molecule has 0 saturated carbocycles. The third-order valence-electron chi connectivity index (χ3n) is 3.51. The first-order chi connectivity index (χ1) is 13.0. The fourth-order valence-electron chi connectivity index (χ4n) is 2.20. The summed E-state index contributed by atoms with van der Waals surface area (Å²) in [5.41, 5.74) is -0.00364. The van der Waals surface area contributed by atoms with Crippen LogP contribution < -0.4 is 15.4 Å². The molecule has 2 N–H and O–H groups in total. The summed E-state index contributed by atoms with van der Waals surface area (Å²) in [4.78, 5) is 20.1. The van der Waals surface area contributed by atoms with Gasteiger partial charge in [0.05, 0.1) is 24.5 Å². The van der Waals surface area contributed by atoms with Crippen molar-refractivity contribution in [2.24, 2.45) is 0 Å². The maximum atomic E-state index is 13.6. The number of ether oxygens (including phenoxy) is 1. The maximum absolute atomic E-state index is 13.6. The first kappa shape index (κ1) is 18.5. The molecule has 6 nitrogen and oxygen atoms in total. The summed E-state index contributed by atoms with van der Waals surface area (Å²) in [6.07, 6.45) is 2.49. The number of amides is 1. The van der Waals surface area contributed by atoms with E-state index >= 15 is 0 Å². The summed E-state index contributed by atoms with van der Waals surface area (Å²) in [5, 5.41) is 5.52. The number of nitrogens with zero attached hydrogens (tertiary/aromatic N) is 2. The van der Waals surface area contributed by atoms with E-state index in [9.17, 15) is 13.6 Å². The van der Waals surface area contributed by atoms with Gasteiger partial charge in [-0.25, -0.2) is 18.7 Å².